The van der Waals surface area contributed by atoms with Crippen molar-refractivity contribution in [1.82, 2.24) is 5.48 Å². The first kappa shape index (κ1) is 14.0. The van der Waals surface area contributed by atoms with Crippen LogP contribution in [0, 0.1) is 5.82 Å². The summed E-state index contributed by atoms with van der Waals surface area (Å²) in [6, 6.07) is 4.26. The zero-order chi connectivity index (χ0) is 13.7. The fourth-order valence-corrected chi connectivity index (χ4v) is 2.16. The van der Waals surface area contributed by atoms with E-state index >= 15 is 0 Å². The molecule has 0 saturated heterocycles. The average molecular weight is 284 g/mol. The lowest BCUT2D eigenvalue weighted by Gasteiger charge is -2.09. The summed E-state index contributed by atoms with van der Waals surface area (Å²) in [6.07, 6.45) is 7.26. The average Bonchev–Trinajstić information content (AvgIpc) is 2.91. The Morgan fingerprint density at radius 2 is 2.16 bits per heavy atom. The number of amides is 1. The molecule has 0 bridgehead atoms. The number of rotatable bonds is 4. The van der Waals surface area contributed by atoms with Gasteiger partial charge in [0, 0.05) is 6.08 Å². The van der Waals surface area contributed by atoms with E-state index in [1.165, 1.54) is 18.2 Å². The van der Waals surface area contributed by atoms with Crippen molar-refractivity contribution in [3.05, 3.63) is 40.7 Å². The maximum Gasteiger partial charge on any atom is 0.267 e. The Morgan fingerprint density at radius 3 is 2.84 bits per heavy atom. The molecule has 102 valence electrons. The lowest BCUT2D eigenvalue weighted by Crippen LogP contribution is -2.26. The van der Waals surface area contributed by atoms with Gasteiger partial charge < -0.3 is 0 Å². The molecular weight excluding hydrogens is 269 g/mol. The summed E-state index contributed by atoms with van der Waals surface area (Å²) < 4.78 is 12.9. The van der Waals surface area contributed by atoms with Gasteiger partial charge in [-0.3, -0.25) is 9.63 Å². The van der Waals surface area contributed by atoms with E-state index in [1.807, 2.05) is 0 Å². The molecule has 1 saturated carbocycles. The van der Waals surface area contributed by atoms with Crippen molar-refractivity contribution in [3.63, 3.8) is 0 Å². The Morgan fingerprint density at radius 1 is 1.42 bits per heavy atom. The molecule has 1 fully saturated rings. The standard InChI is InChI=1S/C14H15ClFNO2/c15-12-9-10(5-7-13(12)16)6-8-14(18)17-19-11-3-1-2-4-11/h5-9,11H,1-4H2,(H,17,18)/b8-6+. The van der Waals surface area contributed by atoms with Gasteiger partial charge in [0.15, 0.2) is 0 Å². The maximum atomic E-state index is 12.9. The highest BCUT2D eigenvalue weighted by atomic mass is 35.5. The summed E-state index contributed by atoms with van der Waals surface area (Å²) in [4.78, 5) is 16.8. The summed E-state index contributed by atoms with van der Waals surface area (Å²) in [5, 5.41) is 0.0322. The van der Waals surface area contributed by atoms with E-state index < -0.39 is 5.82 Å². The van der Waals surface area contributed by atoms with Crippen molar-refractivity contribution in [3.8, 4) is 0 Å². The van der Waals surface area contributed by atoms with Gasteiger partial charge in [-0.05, 0) is 36.6 Å². The van der Waals surface area contributed by atoms with Gasteiger partial charge in [0.1, 0.15) is 5.82 Å². The number of nitrogens with one attached hydrogen (secondary N) is 1. The zero-order valence-electron chi connectivity index (χ0n) is 10.4. The van der Waals surface area contributed by atoms with Crippen LogP contribution in [-0.4, -0.2) is 12.0 Å². The Bertz CT molecular complexity index is 484. The van der Waals surface area contributed by atoms with Crippen LogP contribution in [-0.2, 0) is 9.63 Å². The van der Waals surface area contributed by atoms with Gasteiger partial charge in [-0.25, -0.2) is 9.87 Å². The summed E-state index contributed by atoms with van der Waals surface area (Å²) in [7, 11) is 0. The van der Waals surface area contributed by atoms with Crippen LogP contribution in [0.15, 0.2) is 24.3 Å². The number of hydrogen-bond acceptors (Lipinski definition) is 2. The fraction of sp³-hybridized carbons (Fsp3) is 0.357. The molecule has 0 radical (unpaired) electrons. The van der Waals surface area contributed by atoms with Crippen molar-refractivity contribution in [2.75, 3.05) is 0 Å². The smallest absolute Gasteiger partial charge is 0.267 e. The summed E-state index contributed by atoms with van der Waals surface area (Å²) >= 11 is 5.64. The number of carbonyl (C=O) groups is 1. The minimum atomic E-state index is -0.479. The van der Waals surface area contributed by atoms with Crippen LogP contribution in [0.2, 0.25) is 5.02 Å². The Hall–Kier alpha value is -1.39. The largest absolute Gasteiger partial charge is 0.270 e. The Balaban J connectivity index is 1.83. The molecule has 3 nitrogen and oxygen atoms in total. The highest BCUT2D eigenvalue weighted by Crippen LogP contribution is 2.20. The first-order valence-corrected chi connectivity index (χ1v) is 6.62. The molecule has 0 unspecified atom stereocenters. The molecule has 1 aromatic rings. The number of carbonyl (C=O) groups excluding carboxylic acids is 1. The second-order valence-electron chi connectivity index (χ2n) is 4.50. The Kier molecular flexibility index (Phi) is 4.93. The van der Waals surface area contributed by atoms with E-state index in [-0.39, 0.29) is 17.0 Å². The molecule has 0 spiro atoms. The zero-order valence-corrected chi connectivity index (χ0v) is 11.1. The van der Waals surface area contributed by atoms with Crippen molar-refractivity contribution in [2.24, 2.45) is 0 Å². The lowest BCUT2D eigenvalue weighted by atomic mass is 10.2. The van der Waals surface area contributed by atoms with E-state index in [0.717, 1.165) is 25.7 Å². The molecule has 0 aromatic heterocycles. The van der Waals surface area contributed by atoms with Gasteiger partial charge >= 0.3 is 0 Å². The van der Waals surface area contributed by atoms with E-state index in [4.69, 9.17) is 16.4 Å². The van der Waals surface area contributed by atoms with Crippen LogP contribution in [0.1, 0.15) is 31.2 Å². The van der Waals surface area contributed by atoms with E-state index in [1.54, 1.807) is 12.1 Å². The van der Waals surface area contributed by atoms with Gasteiger partial charge in [0.25, 0.3) is 5.91 Å². The van der Waals surface area contributed by atoms with Crippen LogP contribution >= 0.6 is 11.6 Å². The number of halogens is 2. The van der Waals surface area contributed by atoms with Crippen molar-refractivity contribution >= 4 is 23.6 Å². The van der Waals surface area contributed by atoms with Crippen molar-refractivity contribution in [2.45, 2.75) is 31.8 Å². The predicted molar refractivity (Wildman–Crippen MR) is 71.9 cm³/mol. The summed E-state index contributed by atoms with van der Waals surface area (Å²) in [5.41, 5.74) is 3.04. The third-order valence-corrected chi connectivity index (χ3v) is 3.29. The number of benzene rings is 1. The van der Waals surface area contributed by atoms with Crippen LogP contribution in [0.5, 0.6) is 0 Å². The molecule has 2 rings (SSSR count). The van der Waals surface area contributed by atoms with Crippen LogP contribution < -0.4 is 5.48 Å². The van der Waals surface area contributed by atoms with E-state index in [2.05, 4.69) is 5.48 Å². The first-order valence-electron chi connectivity index (χ1n) is 6.24. The Labute approximate surface area is 116 Å². The van der Waals surface area contributed by atoms with Gasteiger partial charge in [-0.15, -0.1) is 0 Å². The summed E-state index contributed by atoms with van der Waals surface area (Å²) in [6.45, 7) is 0. The minimum absolute atomic E-state index is 0.0322. The molecule has 0 aliphatic heterocycles. The van der Waals surface area contributed by atoms with E-state index in [0.29, 0.717) is 5.56 Å². The molecular formula is C14H15ClFNO2. The molecule has 1 amide bonds. The van der Waals surface area contributed by atoms with Crippen LogP contribution in [0.25, 0.3) is 6.08 Å². The molecule has 1 aliphatic carbocycles. The molecule has 1 aromatic carbocycles. The molecule has 19 heavy (non-hydrogen) atoms. The van der Waals surface area contributed by atoms with Gasteiger partial charge in [-0.1, -0.05) is 30.5 Å². The van der Waals surface area contributed by atoms with Crippen LogP contribution in [0.4, 0.5) is 4.39 Å². The second kappa shape index (κ2) is 6.68. The first-order chi connectivity index (χ1) is 9.15. The van der Waals surface area contributed by atoms with Gasteiger partial charge in [0.05, 0.1) is 11.1 Å². The maximum absolute atomic E-state index is 12.9. The van der Waals surface area contributed by atoms with Crippen molar-refractivity contribution < 1.29 is 14.0 Å². The van der Waals surface area contributed by atoms with Crippen molar-refractivity contribution in [1.29, 1.82) is 0 Å². The third kappa shape index (κ3) is 4.33. The predicted octanol–water partition coefficient (Wildman–Crippen LogP) is 3.48. The number of hydroxylamine groups is 1. The summed E-state index contributed by atoms with van der Waals surface area (Å²) in [5.74, 6) is -0.819. The topological polar surface area (TPSA) is 38.3 Å². The highest BCUT2D eigenvalue weighted by Gasteiger charge is 2.16. The second-order valence-corrected chi connectivity index (χ2v) is 4.90. The monoisotopic (exact) mass is 283 g/mol. The van der Waals surface area contributed by atoms with Gasteiger partial charge in [0.2, 0.25) is 0 Å². The van der Waals surface area contributed by atoms with Crippen LogP contribution in [0.3, 0.4) is 0 Å². The lowest BCUT2D eigenvalue weighted by molar-refractivity contribution is -0.132. The molecule has 5 heteroatoms. The van der Waals surface area contributed by atoms with Gasteiger partial charge in [-0.2, -0.15) is 0 Å². The SMILES string of the molecule is O=C(/C=C/c1ccc(F)c(Cl)c1)NOC1CCCC1. The molecule has 0 atom stereocenters. The fourth-order valence-electron chi connectivity index (χ4n) is 1.97. The normalized spacial score (nSPS) is 16.1. The molecule has 0 heterocycles. The minimum Gasteiger partial charge on any atom is -0.270 e. The molecule has 1 aliphatic rings. The third-order valence-electron chi connectivity index (χ3n) is 3.00. The number of hydrogen-bond donors (Lipinski definition) is 1. The molecule has 1 N–H and O–H groups in total. The quantitative estimate of drug-likeness (QED) is 0.679. The highest BCUT2D eigenvalue weighted by molar-refractivity contribution is 6.30. The van der Waals surface area contributed by atoms with E-state index in [9.17, 15) is 9.18 Å².